The lowest BCUT2D eigenvalue weighted by atomic mass is 10.2. The van der Waals surface area contributed by atoms with E-state index in [1.807, 2.05) is 0 Å². The highest BCUT2D eigenvalue weighted by Crippen LogP contribution is 2.20. The van der Waals surface area contributed by atoms with Gasteiger partial charge in [0.1, 0.15) is 18.0 Å². The second-order valence-corrected chi connectivity index (χ2v) is 4.89. The van der Waals surface area contributed by atoms with Crippen LogP contribution in [0.25, 0.3) is 0 Å². The van der Waals surface area contributed by atoms with Gasteiger partial charge in [0.2, 0.25) is 5.91 Å². The third kappa shape index (κ3) is 3.71. The summed E-state index contributed by atoms with van der Waals surface area (Å²) in [6.07, 6.45) is -1.06. The van der Waals surface area contributed by atoms with Gasteiger partial charge in [-0.05, 0) is 24.3 Å². The minimum Gasteiger partial charge on any atom is -0.486 e. The third-order valence-electron chi connectivity index (χ3n) is 3.34. The molecule has 1 aromatic rings. The van der Waals surface area contributed by atoms with Gasteiger partial charge in [0.25, 0.3) is 0 Å². The number of aliphatic hydroxyl groups is 1. The van der Waals surface area contributed by atoms with Crippen molar-refractivity contribution in [2.24, 2.45) is 5.73 Å². The number of carboxylic acid groups (broad SMARTS) is 1. The lowest BCUT2D eigenvalue weighted by molar-refractivity contribution is -0.130. The first kappa shape index (κ1) is 15.3. The number of likely N-dealkylation sites (tertiary alicyclic amines) is 1. The van der Waals surface area contributed by atoms with Gasteiger partial charge < -0.3 is 25.6 Å². The van der Waals surface area contributed by atoms with Crippen molar-refractivity contribution < 1.29 is 24.5 Å². The van der Waals surface area contributed by atoms with Crippen LogP contribution in [0.15, 0.2) is 24.3 Å². The van der Waals surface area contributed by atoms with Crippen molar-refractivity contribution >= 4 is 11.9 Å². The van der Waals surface area contributed by atoms with E-state index in [-0.39, 0.29) is 31.0 Å². The molecule has 0 spiro atoms. The molecule has 7 nitrogen and oxygen atoms in total. The van der Waals surface area contributed by atoms with Crippen LogP contribution in [0.5, 0.6) is 5.75 Å². The zero-order valence-electron chi connectivity index (χ0n) is 11.4. The number of aliphatic hydroxyl groups excluding tert-OH is 1. The van der Waals surface area contributed by atoms with Gasteiger partial charge in [0.15, 0.2) is 0 Å². The summed E-state index contributed by atoms with van der Waals surface area (Å²) in [4.78, 5) is 24.0. The fraction of sp³-hybridized carbons (Fsp3) is 0.429. The molecule has 2 atom stereocenters. The first-order valence-electron chi connectivity index (χ1n) is 6.67. The lowest BCUT2D eigenvalue weighted by Crippen LogP contribution is -2.32. The molecule has 1 amide bonds. The number of hydrogen-bond donors (Lipinski definition) is 3. The molecule has 0 saturated carbocycles. The zero-order valence-corrected chi connectivity index (χ0v) is 11.4. The van der Waals surface area contributed by atoms with Crippen LogP contribution < -0.4 is 10.5 Å². The number of rotatable bonds is 5. The van der Waals surface area contributed by atoms with Crippen molar-refractivity contribution in [1.82, 2.24) is 4.90 Å². The largest absolute Gasteiger partial charge is 0.486 e. The van der Waals surface area contributed by atoms with Crippen LogP contribution in [-0.4, -0.2) is 58.8 Å². The van der Waals surface area contributed by atoms with E-state index < -0.39 is 18.2 Å². The number of nitrogens with zero attached hydrogens (tertiary/aromatic N) is 1. The molecule has 2 rings (SSSR count). The highest BCUT2D eigenvalue weighted by Gasteiger charge is 2.35. The van der Waals surface area contributed by atoms with Crippen molar-refractivity contribution in [1.29, 1.82) is 0 Å². The number of ether oxygens (including phenoxy) is 1. The lowest BCUT2D eigenvalue weighted by Gasteiger charge is -2.17. The maximum Gasteiger partial charge on any atom is 0.335 e. The van der Waals surface area contributed by atoms with Gasteiger partial charge in [-0.3, -0.25) is 4.79 Å². The number of carboxylic acids is 1. The summed E-state index contributed by atoms with van der Waals surface area (Å²) in [5, 5.41) is 18.7. The number of hydrogen-bond acceptors (Lipinski definition) is 5. The number of nitrogens with two attached hydrogens (primary N) is 1. The molecule has 1 aliphatic heterocycles. The van der Waals surface area contributed by atoms with E-state index in [1.54, 1.807) is 0 Å². The fourth-order valence-electron chi connectivity index (χ4n) is 2.21. The average Bonchev–Trinajstić information content (AvgIpc) is 2.81. The molecule has 7 heteroatoms. The molecular formula is C14H18N2O5. The van der Waals surface area contributed by atoms with Crippen molar-refractivity contribution in [3.63, 3.8) is 0 Å². The summed E-state index contributed by atoms with van der Waals surface area (Å²) in [6.45, 7) is 0.783. The molecule has 0 radical (unpaired) electrons. The summed E-state index contributed by atoms with van der Waals surface area (Å²) in [7, 11) is 0. The Labute approximate surface area is 121 Å². The molecule has 114 valence electrons. The Morgan fingerprint density at radius 2 is 1.95 bits per heavy atom. The second-order valence-electron chi connectivity index (χ2n) is 4.89. The van der Waals surface area contributed by atoms with E-state index in [9.17, 15) is 14.7 Å². The van der Waals surface area contributed by atoms with Crippen LogP contribution in [0.1, 0.15) is 16.8 Å². The topological polar surface area (TPSA) is 113 Å². The molecule has 1 aromatic carbocycles. The van der Waals surface area contributed by atoms with Crippen LogP contribution in [0.2, 0.25) is 0 Å². The minimum atomic E-state index is -1.01. The molecular weight excluding hydrogens is 276 g/mol. The molecule has 1 aliphatic rings. The van der Waals surface area contributed by atoms with Crippen molar-refractivity contribution in [2.45, 2.75) is 18.6 Å². The van der Waals surface area contributed by atoms with Gasteiger partial charge in [0.05, 0.1) is 18.7 Å². The Bertz CT molecular complexity index is 517. The number of carbonyl (C=O) groups excluding carboxylic acids is 1. The van der Waals surface area contributed by atoms with Gasteiger partial charge in [-0.1, -0.05) is 0 Å². The van der Waals surface area contributed by atoms with Gasteiger partial charge >= 0.3 is 5.97 Å². The maximum absolute atomic E-state index is 11.7. The normalized spacial score (nSPS) is 21.3. The van der Waals surface area contributed by atoms with Gasteiger partial charge in [0, 0.05) is 13.0 Å². The van der Waals surface area contributed by atoms with E-state index in [0.717, 1.165) is 0 Å². The Balaban J connectivity index is 1.96. The van der Waals surface area contributed by atoms with Crippen molar-refractivity contribution in [2.75, 3.05) is 19.6 Å². The first-order chi connectivity index (χ1) is 10.0. The van der Waals surface area contributed by atoms with E-state index in [0.29, 0.717) is 12.3 Å². The van der Waals surface area contributed by atoms with Crippen molar-refractivity contribution in [3.05, 3.63) is 29.8 Å². The molecule has 21 heavy (non-hydrogen) atoms. The van der Waals surface area contributed by atoms with E-state index in [4.69, 9.17) is 15.6 Å². The summed E-state index contributed by atoms with van der Waals surface area (Å²) >= 11 is 0. The quantitative estimate of drug-likeness (QED) is 0.686. The van der Waals surface area contributed by atoms with E-state index in [1.165, 1.54) is 29.2 Å². The zero-order chi connectivity index (χ0) is 15.4. The predicted octanol–water partition coefficient (Wildman–Crippen LogP) is -0.316. The summed E-state index contributed by atoms with van der Waals surface area (Å²) in [6, 6.07) is 5.91. The smallest absolute Gasteiger partial charge is 0.335 e. The minimum absolute atomic E-state index is 0.108. The average molecular weight is 294 g/mol. The van der Waals surface area contributed by atoms with Gasteiger partial charge in [-0.15, -0.1) is 0 Å². The number of carbonyl (C=O) groups is 2. The highest BCUT2D eigenvalue weighted by atomic mass is 16.5. The number of benzene rings is 1. The molecule has 1 heterocycles. The van der Waals surface area contributed by atoms with Crippen LogP contribution in [0.4, 0.5) is 0 Å². The number of β-amino-alcohol motifs (C(OH)–C–C–N with tert-alkyl or cyclic N) is 1. The number of amides is 1. The Morgan fingerprint density at radius 3 is 2.52 bits per heavy atom. The monoisotopic (exact) mass is 294 g/mol. The fourth-order valence-corrected chi connectivity index (χ4v) is 2.21. The standard InChI is InChI=1S/C14H18N2O5/c15-6-5-13(18)16-7-11(17)12(8-16)21-10-3-1-9(2-4-10)14(19)20/h1-4,11-12,17H,5-8,15H2,(H,19,20)/t11-,12-/m1/s1. The first-order valence-corrected chi connectivity index (χ1v) is 6.67. The summed E-state index contributed by atoms with van der Waals surface area (Å²) in [5.41, 5.74) is 5.50. The predicted molar refractivity (Wildman–Crippen MR) is 74.1 cm³/mol. The Kier molecular flexibility index (Phi) is 4.77. The summed E-state index contributed by atoms with van der Waals surface area (Å²) < 4.78 is 5.61. The maximum atomic E-state index is 11.7. The van der Waals surface area contributed by atoms with Crippen LogP contribution in [0, 0.1) is 0 Å². The molecule has 1 saturated heterocycles. The van der Waals surface area contributed by atoms with Gasteiger partial charge in [-0.2, -0.15) is 0 Å². The molecule has 4 N–H and O–H groups in total. The highest BCUT2D eigenvalue weighted by molar-refractivity contribution is 5.87. The second kappa shape index (κ2) is 6.55. The SMILES string of the molecule is NCCC(=O)N1C[C@@H](O)[C@H](Oc2ccc(C(=O)O)cc2)C1. The number of aromatic carboxylic acids is 1. The summed E-state index contributed by atoms with van der Waals surface area (Å²) in [5.74, 6) is -0.665. The molecule has 0 aromatic heterocycles. The Morgan fingerprint density at radius 1 is 1.29 bits per heavy atom. The van der Waals surface area contributed by atoms with Crippen LogP contribution >= 0.6 is 0 Å². The molecule has 0 aliphatic carbocycles. The molecule has 0 bridgehead atoms. The third-order valence-corrected chi connectivity index (χ3v) is 3.34. The van der Waals surface area contributed by atoms with E-state index in [2.05, 4.69) is 0 Å². The molecule has 0 unspecified atom stereocenters. The van der Waals surface area contributed by atoms with Crippen LogP contribution in [0.3, 0.4) is 0 Å². The van der Waals surface area contributed by atoms with Crippen LogP contribution in [-0.2, 0) is 4.79 Å². The van der Waals surface area contributed by atoms with E-state index >= 15 is 0 Å². The van der Waals surface area contributed by atoms with Crippen molar-refractivity contribution in [3.8, 4) is 5.75 Å². The molecule has 1 fully saturated rings. The Hall–Kier alpha value is -2.12. The van der Waals surface area contributed by atoms with Gasteiger partial charge in [-0.25, -0.2) is 4.79 Å².